The molecule has 148 valence electrons. The Bertz CT molecular complexity index is 928. The highest BCUT2D eigenvalue weighted by molar-refractivity contribution is 5.75. The first-order valence-corrected chi connectivity index (χ1v) is 10.7. The van der Waals surface area contributed by atoms with Crippen molar-refractivity contribution in [2.75, 3.05) is 39.4 Å². The molecule has 2 aromatic rings. The van der Waals surface area contributed by atoms with Gasteiger partial charge in [0, 0.05) is 50.3 Å². The van der Waals surface area contributed by atoms with Gasteiger partial charge in [0.1, 0.15) is 0 Å². The number of fused-ring (bicyclic) bond motifs is 5. The third-order valence-electron chi connectivity index (χ3n) is 6.49. The molecule has 1 aromatic carbocycles. The van der Waals surface area contributed by atoms with E-state index >= 15 is 0 Å². The highest BCUT2D eigenvalue weighted by Crippen LogP contribution is 2.39. The van der Waals surface area contributed by atoms with Crippen LogP contribution >= 0.6 is 0 Å². The molecule has 0 bridgehead atoms. The van der Waals surface area contributed by atoms with Gasteiger partial charge in [-0.3, -0.25) is 9.69 Å². The van der Waals surface area contributed by atoms with Crippen molar-refractivity contribution in [3.05, 3.63) is 56.4 Å². The van der Waals surface area contributed by atoms with Crippen LogP contribution in [0.5, 0.6) is 0 Å². The monoisotopic (exact) mass is 379 g/mol. The summed E-state index contributed by atoms with van der Waals surface area (Å²) in [5.41, 5.74) is 8.87. The summed E-state index contributed by atoms with van der Waals surface area (Å²) in [6.07, 6.45) is 5.31. The molecule has 2 N–H and O–H groups in total. The van der Waals surface area contributed by atoms with Gasteiger partial charge in [0.15, 0.2) is 0 Å². The van der Waals surface area contributed by atoms with Crippen LogP contribution < -0.4 is 10.9 Å². The van der Waals surface area contributed by atoms with E-state index in [1.165, 1.54) is 34.2 Å². The van der Waals surface area contributed by atoms with Gasteiger partial charge in [0.25, 0.3) is 5.56 Å². The number of pyridine rings is 1. The number of aromatic nitrogens is 1. The van der Waals surface area contributed by atoms with Crippen LogP contribution in [0.15, 0.2) is 23.0 Å². The minimum absolute atomic E-state index is 0.134. The van der Waals surface area contributed by atoms with Gasteiger partial charge >= 0.3 is 0 Å². The SMILES string of the molecule is O=c1[nH]c2c(c3c1CCCC3)Cc1cc(CNCCN3CCOCC3)ccc1-2. The molecule has 5 rings (SSSR count). The molecule has 1 aromatic heterocycles. The van der Waals surface area contributed by atoms with Crippen LogP contribution in [0.2, 0.25) is 0 Å². The van der Waals surface area contributed by atoms with E-state index in [0.29, 0.717) is 0 Å². The van der Waals surface area contributed by atoms with E-state index in [1.54, 1.807) is 0 Å². The lowest BCUT2D eigenvalue weighted by atomic mass is 9.88. The third kappa shape index (κ3) is 3.43. The number of ether oxygens (including phenoxy) is 1. The molecule has 0 unspecified atom stereocenters. The zero-order valence-corrected chi connectivity index (χ0v) is 16.5. The Labute approximate surface area is 166 Å². The molecule has 5 nitrogen and oxygen atoms in total. The largest absolute Gasteiger partial charge is 0.379 e. The summed E-state index contributed by atoms with van der Waals surface area (Å²) >= 11 is 0. The van der Waals surface area contributed by atoms with Crippen LogP contribution in [0.1, 0.15) is 40.7 Å². The number of nitrogens with zero attached hydrogens (tertiary/aromatic N) is 1. The lowest BCUT2D eigenvalue weighted by Crippen LogP contribution is -2.40. The average Bonchev–Trinajstić information content (AvgIpc) is 3.10. The smallest absolute Gasteiger partial charge is 0.251 e. The van der Waals surface area contributed by atoms with Crippen molar-refractivity contribution in [1.82, 2.24) is 15.2 Å². The van der Waals surface area contributed by atoms with E-state index < -0.39 is 0 Å². The average molecular weight is 380 g/mol. The first kappa shape index (κ1) is 18.1. The summed E-state index contributed by atoms with van der Waals surface area (Å²) in [6, 6.07) is 6.73. The molecule has 0 radical (unpaired) electrons. The third-order valence-corrected chi connectivity index (χ3v) is 6.49. The Kier molecular flexibility index (Phi) is 5.05. The van der Waals surface area contributed by atoms with Crippen LogP contribution in [0.25, 0.3) is 11.3 Å². The normalized spacial score (nSPS) is 18.6. The van der Waals surface area contributed by atoms with Crippen molar-refractivity contribution in [1.29, 1.82) is 0 Å². The van der Waals surface area contributed by atoms with Gasteiger partial charge in [-0.15, -0.1) is 0 Å². The van der Waals surface area contributed by atoms with Crippen molar-refractivity contribution in [3.63, 3.8) is 0 Å². The standard InChI is InChI=1S/C23H29N3O2/c27-23-20-4-2-1-3-19(20)21-14-17-13-16(5-6-18(17)22(21)25-23)15-24-7-8-26-9-11-28-12-10-26/h5-6,13,24H,1-4,7-12,14-15H2,(H,25,27). The maximum absolute atomic E-state index is 12.5. The maximum atomic E-state index is 12.5. The Morgan fingerprint density at radius 2 is 1.89 bits per heavy atom. The van der Waals surface area contributed by atoms with Gasteiger partial charge in [0.05, 0.1) is 18.9 Å². The van der Waals surface area contributed by atoms with Gasteiger partial charge in [-0.05, 0) is 47.9 Å². The number of benzene rings is 1. The molecule has 3 aliphatic rings. The molecular weight excluding hydrogens is 350 g/mol. The molecule has 1 aliphatic heterocycles. The molecule has 2 heterocycles. The fraction of sp³-hybridized carbons (Fsp3) is 0.522. The molecule has 2 aliphatic carbocycles. The van der Waals surface area contributed by atoms with E-state index in [-0.39, 0.29) is 5.56 Å². The van der Waals surface area contributed by atoms with Crippen LogP contribution in [0.4, 0.5) is 0 Å². The summed E-state index contributed by atoms with van der Waals surface area (Å²) in [4.78, 5) is 18.2. The minimum Gasteiger partial charge on any atom is -0.379 e. The van der Waals surface area contributed by atoms with E-state index in [9.17, 15) is 4.79 Å². The van der Waals surface area contributed by atoms with Gasteiger partial charge in [-0.25, -0.2) is 0 Å². The van der Waals surface area contributed by atoms with E-state index in [4.69, 9.17) is 4.74 Å². The molecule has 5 heteroatoms. The Morgan fingerprint density at radius 3 is 2.75 bits per heavy atom. The summed E-state index contributed by atoms with van der Waals surface area (Å²) in [5.74, 6) is 0. The number of nitrogens with one attached hydrogen (secondary N) is 2. The van der Waals surface area contributed by atoms with Gasteiger partial charge in [-0.2, -0.15) is 0 Å². The Balaban J connectivity index is 1.27. The van der Waals surface area contributed by atoms with Crippen LogP contribution in [0, 0.1) is 0 Å². The maximum Gasteiger partial charge on any atom is 0.251 e. The van der Waals surface area contributed by atoms with Crippen molar-refractivity contribution < 1.29 is 4.74 Å². The molecule has 28 heavy (non-hydrogen) atoms. The van der Waals surface area contributed by atoms with Gasteiger partial charge in [0.2, 0.25) is 0 Å². The van der Waals surface area contributed by atoms with Crippen molar-refractivity contribution in [2.24, 2.45) is 0 Å². The van der Waals surface area contributed by atoms with Gasteiger partial charge < -0.3 is 15.0 Å². The molecule has 1 saturated heterocycles. The summed E-state index contributed by atoms with van der Waals surface area (Å²) in [7, 11) is 0. The fourth-order valence-electron chi connectivity index (χ4n) is 4.96. The zero-order valence-electron chi connectivity index (χ0n) is 16.5. The highest BCUT2D eigenvalue weighted by Gasteiger charge is 2.26. The number of hydrogen-bond donors (Lipinski definition) is 2. The topological polar surface area (TPSA) is 57.4 Å². The number of morpholine rings is 1. The van der Waals surface area contributed by atoms with Crippen LogP contribution in [-0.4, -0.2) is 49.3 Å². The van der Waals surface area contributed by atoms with Crippen molar-refractivity contribution >= 4 is 0 Å². The number of hydrogen-bond acceptors (Lipinski definition) is 4. The number of H-pyrrole nitrogens is 1. The molecule has 0 atom stereocenters. The van der Waals surface area contributed by atoms with E-state index in [0.717, 1.165) is 82.9 Å². The summed E-state index contributed by atoms with van der Waals surface area (Å²) in [6.45, 7) is 6.77. The second-order valence-electron chi connectivity index (χ2n) is 8.27. The van der Waals surface area contributed by atoms with Crippen molar-refractivity contribution in [2.45, 2.75) is 38.6 Å². The molecule has 1 fully saturated rings. The molecular formula is C23H29N3O2. The molecule has 0 spiro atoms. The van der Waals surface area contributed by atoms with E-state index in [1.807, 2.05) is 0 Å². The highest BCUT2D eigenvalue weighted by atomic mass is 16.5. The first-order valence-electron chi connectivity index (χ1n) is 10.7. The minimum atomic E-state index is 0.134. The summed E-state index contributed by atoms with van der Waals surface area (Å²) < 4.78 is 5.40. The van der Waals surface area contributed by atoms with E-state index in [2.05, 4.69) is 33.4 Å². The zero-order chi connectivity index (χ0) is 18.9. The predicted molar refractivity (Wildman–Crippen MR) is 111 cm³/mol. The second kappa shape index (κ2) is 7.82. The van der Waals surface area contributed by atoms with Crippen molar-refractivity contribution in [3.8, 4) is 11.3 Å². The molecule has 0 amide bonds. The molecule has 0 saturated carbocycles. The van der Waals surface area contributed by atoms with Gasteiger partial charge in [-0.1, -0.05) is 18.2 Å². The lowest BCUT2D eigenvalue weighted by molar-refractivity contribution is 0.0384. The lowest BCUT2D eigenvalue weighted by Gasteiger charge is -2.26. The number of aromatic amines is 1. The van der Waals surface area contributed by atoms with Crippen LogP contribution in [0.3, 0.4) is 0 Å². The summed E-state index contributed by atoms with van der Waals surface area (Å²) in [5, 5.41) is 3.58. The second-order valence-corrected chi connectivity index (χ2v) is 8.27. The number of rotatable bonds is 5. The first-order chi connectivity index (χ1) is 13.8. The quantitative estimate of drug-likeness (QED) is 0.668. The Hall–Kier alpha value is -1.95. The fourth-order valence-corrected chi connectivity index (χ4v) is 4.96. The van der Waals surface area contributed by atoms with Crippen LogP contribution in [-0.2, 0) is 30.5 Å². The Morgan fingerprint density at radius 1 is 1.07 bits per heavy atom. The predicted octanol–water partition coefficient (Wildman–Crippen LogP) is 2.25.